The molecule has 116 valence electrons. The first kappa shape index (κ1) is 17.1. The summed E-state index contributed by atoms with van der Waals surface area (Å²) in [5.74, 6) is 0.406. The average Bonchev–Trinajstić information content (AvgIpc) is 2.41. The van der Waals surface area contributed by atoms with Gasteiger partial charge >= 0.3 is 6.03 Å². The van der Waals surface area contributed by atoms with Crippen LogP contribution >= 0.6 is 11.6 Å². The lowest BCUT2D eigenvalue weighted by atomic mass is 10.2. The lowest BCUT2D eigenvalue weighted by Crippen LogP contribution is -2.30. The zero-order chi connectivity index (χ0) is 15.8. The van der Waals surface area contributed by atoms with E-state index in [1.807, 2.05) is 6.92 Å². The van der Waals surface area contributed by atoms with Crippen molar-refractivity contribution in [2.75, 3.05) is 19.0 Å². The number of halogens is 1. The van der Waals surface area contributed by atoms with Crippen LogP contribution in [0.3, 0.4) is 0 Å². The smallest absolute Gasteiger partial charge is 0.312 e. The van der Waals surface area contributed by atoms with Gasteiger partial charge in [0.05, 0.1) is 12.8 Å². The molecule has 0 heterocycles. The molecule has 0 aliphatic rings. The van der Waals surface area contributed by atoms with Crippen LogP contribution in [0.5, 0.6) is 5.75 Å². The number of hydrogen-bond donors (Lipinski definition) is 3. The van der Waals surface area contributed by atoms with Gasteiger partial charge in [0.2, 0.25) is 5.91 Å². The SMILES string of the molecule is COc1cc(Cl)c(C)cc1NC(=O)CCCCNC(N)=O. The topological polar surface area (TPSA) is 93.4 Å². The van der Waals surface area contributed by atoms with Gasteiger partial charge in [-0.25, -0.2) is 4.79 Å². The fraction of sp³-hybridized carbons (Fsp3) is 0.429. The van der Waals surface area contributed by atoms with Crippen LogP contribution in [0.4, 0.5) is 10.5 Å². The maximum atomic E-state index is 11.9. The summed E-state index contributed by atoms with van der Waals surface area (Å²) in [6, 6.07) is 2.89. The number of carbonyl (C=O) groups is 2. The van der Waals surface area contributed by atoms with Crippen molar-refractivity contribution in [3.8, 4) is 5.75 Å². The number of urea groups is 1. The number of nitrogens with two attached hydrogens (primary N) is 1. The molecular formula is C14H20ClN3O3. The van der Waals surface area contributed by atoms with Gasteiger partial charge in [-0.3, -0.25) is 4.79 Å². The van der Waals surface area contributed by atoms with Crippen LogP contribution in [-0.4, -0.2) is 25.6 Å². The molecule has 0 saturated carbocycles. The minimum Gasteiger partial charge on any atom is -0.495 e. The molecule has 1 aromatic carbocycles. The second-order valence-corrected chi connectivity index (χ2v) is 5.01. The van der Waals surface area contributed by atoms with Gasteiger partial charge in [0.1, 0.15) is 5.75 Å². The molecule has 0 aromatic heterocycles. The highest BCUT2D eigenvalue weighted by Crippen LogP contribution is 2.31. The minimum atomic E-state index is -0.555. The summed E-state index contributed by atoms with van der Waals surface area (Å²) >= 11 is 6.01. The number of unbranched alkanes of at least 4 members (excludes halogenated alkanes) is 1. The summed E-state index contributed by atoms with van der Waals surface area (Å²) < 4.78 is 5.19. The Morgan fingerprint density at radius 1 is 1.33 bits per heavy atom. The number of nitrogens with one attached hydrogen (secondary N) is 2. The number of amides is 3. The van der Waals surface area contributed by atoms with E-state index in [1.165, 1.54) is 7.11 Å². The molecule has 4 N–H and O–H groups in total. The second-order valence-electron chi connectivity index (χ2n) is 4.60. The molecule has 0 aliphatic carbocycles. The van der Waals surface area contributed by atoms with Gasteiger partial charge in [-0.2, -0.15) is 0 Å². The van der Waals surface area contributed by atoms with E-state index in [9.17, 15) is 9.59 Å². The molecule has 21 heavy (non-hydrogen) atoms. The van der Waals surface area contributed by atoms with Crippen molar-refractivity contribution in [1.82, 2.24) is 5.32 Å². The van der Waals surface area contributed by atoms with E-state index in [1.54, 1.807) is 12.1 Å². The first-order chi connectivity index (χ1) is 9.93. The third kappa shape index (κ3) is 5.91. The third-order valence-electron chi connectivity index (χ3n) is 2.88. The molecule has 0 atom stereocenters. The molecule has 6 nitrogen and oxygen atoms in total. The van der Waals surface area contributed by atoms with Crippen molar-refractivity contribution in [3.05, 3.63) is 22.7 Å². The highest BCUT2D eigenvalue weighted by molar-refractivity contribution is 6.31. The van der Waals surface area contributed by atoms with Crippen molar-refractivity contribution in [3.63, 3.8) is 0 Å². The Labute approximate surface area is 129 Å². The van der Waals surface area contributed by atoms with Crippen LogP contribution in [0.15, 0.2) is 12.1 Å². The molecule has 3 amide bonds. The van der Waals surface area contributed by atoms with Crippen molar-refractivity contribution in [2.45, 2.75) is 26.2 Å². The van der Waals surface area contributed by atoms with Crippen molar-refractivity contribution >= 4 is 29.2 Å². The van der Waals surface area contributed by atoms with E-state index in [4.69, 9.17) is 22.1 Å². The number of carbonyl (C=O) groups excluding carboxylic acids is 2. The first-order valence-electron chi connectivity index (χ1n) is 6.61. The number of hydrogen-bond acceptors (Lipinski definition) is 3. The van der Waals surface area contributed by atoms with Crippen LogP contribution in [0.1, 0.15) is 24.8 Å². The molecule has 0 bridgehead atoms. The maximum Gasteiger partial charge on any atom is 0.312 e. The van der Waals surface area contributed by atoms with E-state index in [2.05, 4.69) is 10.6 Å². The Balaban J connectivity index is 2.47. The van der Waals surface area contributed by atoms with Gasteiger partial charge < -0.3 is 21.1 Å². The van der Waals surface area contributed by atoms with E-state index in [-0.39, 0.29) is 5.91 Å². The number of rotatable bonds is 7. The summed E-state index contributed by atoms with van der Waals surface area (Å²) in [6.07, 6.45) is 1.69. The quantitative estimate of drug-likeness (QED) is 0.675. The molecule has 1 aromatic rings. The number of anilines is 1. The van der Waals surface area contributed by atoms with E-state index in [0.717, 1.165) is 5.56 Å². The van der Waals surface area contributed by atoms with Crippen LogP contribution < -0.4 is 21.1 Å². The number of ether oxygens (including phenoxy) is 1. The van der Waals surface area contributed by atoms with Crippen LogP contribution in [0.25, 0.3) is 0 Å². The normalized spacial score (nSPS) is 10.0. The summed E-state index contributed by atoms with van der Waals surface area (Å²) in [4.78, 5) is 22.3. The molecule has 0 fully saturated rings. The van der Waals surface area contributed by atoms with Crippen molar-refractivity contribution in [2.24, 2.45) is 5.73 Å². The molecule has 0 radical (unpaired) electrons. The second kappa shape index (κ2) is 8.36. The third-order valence-corrected chi connectivity index (χ3v) is 3.29. The molecule has 0 unspecified atom stereocenters. The Bertz CT molecular complexity index is 520. The van der Waals surface area contributed by atoms with Crippen molar-refractivity contribution < 1.29 is 14.3 Å². The Morgan fingerprint density at radius 2 is 2.05 bits per heavy atom. The van der Waals surface area contributed by atoms with Gasteiger partial charge in [0.25, 0.3) is 0 Å². The largest absolute Gasteiger partial charge is 0.495 e. The number of primary amides is 1. The Morgan fingerprint density at radius 3 is 2.67 bits per heavy atom. The van der Waals surface area contributed by atoms with Crippen LogP contribution in [0.2, 0.25) is 5.02 Å². The zero-order valence-corrected chi connectivity index (χ0v) is 12.9. The number of aryl methyl sites for hydroxylation is 1. The highest BCUT2D eigenvalue weighted by atomic mass is 35.5. The number of methoxy groups -OCH3 is 1. The summed E-state index contributed by atoms with van der Waals surface area (Å²) in [5.41, 5.74) is 6.40. The number of benzene rings is 1. The predicted molar refractivity (Wildman–Crippen MR) is 82.8 cm³/mol. The molecule has 7 heteroatoms. The average molecular weight is 314 g/mol. The summed E-state index contributed by atoms with van der Waals surface area (Å²) in [7, 11) is 1.52. The molecule has 0 spiro atoms. The Kier molecular flexibility index (Phi) is 6.81. The van der Waals surface area contributed by atoms with Gasteiger partial charge in [-0.15, -0.1) is 0 Å². The lowest BCUT2D eigenvalue weighted by Gasteiger charge is -2.12. The first-order valence-corrected chi connectivity index (χ1v) is 6.99. The van der Waals surface area contributed by atoms with Gasteiger partial charge in [0.15, 0.2) is 0 Å². The van der Waals surface area contributed by atoms with Gasteiger partial charge in [-0.05, 0) is 31.4 Å². The molecular weight excluding hydrogens is 294 g/mol. The molecule has 0 aliphatic heterocycles. The Hall–Kier alpha value is -1.95. The van der Waals surface area contributed by atoms with Crippen molar-refractivity contribution in [1.29, 1.82) is 0 Å². The fourth-order valence-corrected chi connectivity index (χ4v) is 1.92. The highest BCUT2D eigenvalue weighted by Gasteiger charge is 2.10. The maximum absolute atomic E-state index is 11.9. The standard InChI is InChI=1S/C14H20ClN3O3/c1-9-7-11(12(21-2)8-10(9)15)18-13(19)5-3-4-6-17-14(16)20/h7-8H,3-6H2,1-2H3,(H,18,19)(H3,16,17,20). The van der Waals surface area contributed by atoms with Gasteiger partial charge in [-0.1, -0.05) is 11.6 Å². The summed E-state index contributed by atoms with van der Waals surface area (Å²) in [6.45, 7) is 2.32. The lowest BCUT2D eigenvalue weighted by molar-refractivity contribution is -0.116. The van der Waals surface area contributed by atoms with E-state index >= 15 is 0 Å². The predicted octanol–water partition coefficient (Wildman–Crippen LogP) is 2.43. The molecule has 1 rings (SSSR count). The minimum absolute atomic E-state index is 0.117. The fourth-order valence-electron chi connectivity index (χ4n) is 1.76. The zero-order valence-electron chi connectivity index (χ0n) is 12.2. The van der Waals surface area contributed by atoms with Crippen LogP contribution in [0, 0.1) is 6.92 Å². The van der Waals surface area contributed by atoms with Gasteiger partial charge in [0, 0.05) is 24.1 Å². The summed E-state index contributed by atoms with van der Waals surface area (Å²) in [5, 5.41) is 5.85. The van der Waals surface area contributed by atoms with E-state index < -0.39 is 6.03 Å². The monoisotopic (exact) mass is 313 g/mol. The van der Waals surface area contributed by atoms with E-state index in [0.29, 0.717) is 42.3 Å². The molecule has 0 saturated heterocycles. The van der Waals surface area contributed by atoms with Crippen LogP contribution in [-0.2, 0) is 4.79 Å².